The molecule has 0 spiro atoms. The summed E-state index contributed by atoms with van der Waals surface area (Å²) < 4.78 is 23.9. The van der Waals surface area contributed by atoms with Gasteiger partial charge in [-0.2, -0.15) is 0 Å². The van der Waals surface area contributed by atoms with Gasteiger partial charge in [0, 0.05) is 18.1 Å². The molecule has 5 heteroatoms. The average molecular weight is 274 g/mol. The Morgan fingerprint density at radius 2 is 2.06 bits per heavy atom. The minimum atomic E-state index is -2.91. The molecule has 106 valence electrons. The Kier molecular flexibility index (Phi) is 4.04. The minimum Gasteiger partial charge on any atom is -0.329 e. The monoisotopic (exact) mass is 274 g/mol. The zero-order valence-electron chi connectivity index (χ0n) is 11.6. The summed E-state index contributed by atoms with van der Waals surface area (Å²) in [4.78, 5) is 2.40. The number of sulfone groups is 1. The van der Waals surface area contributed by atoms with Gasteiger partial charge >= 0.3 is 0 Å². The van der Waals surface area contributed by atoms with Crippen molar-refractivity contribution >= 4 is 9.84 Å². The maximum Gasteiger partial charge on any atom is 0.152 e. The molecule has 0 aromatic heterocycles. The number of nitrogens with zero attached hydrogens (tertiary/aromatic N) is 1. The first-order valence-corrected chi connectivity index (χ1v) is 8.90. The van der Waals surface area contributed by atoms with Crippen LogP contribution < -0.4 is 5.73 Å². The fourth-order valence-electron chi connectivity index (χ4n) is 3.68. The van der Waals surface area contributed by atoms with Gasteiger partial charge in [-0.3, -0.25) is 4.90 Å². The molecule has 2 N–H and O–H groups in total. The third-order valence-corrected chi connectivity index (χ3v) is 6.84. The number of likely N-dealkylation sites (tertiary alicyclic amines) is 1. The van der Waals surface area contributed by atoms with E-state index in [-0.39, 0.29) is 11.3 Å². The molecule has 2 aliphatic rings. The largest absolute Gasteiger partial charge is 0.329 e. The SMILES string of the molecule is CC1CCCN(C2(CN)CCCS(=O)(=O)C2)C1C. The zero-order chi connectivity index (χ0) is 13.4. The molecule has 3 unspecified atom stereocenters. The van der Waals surface area contributed by atoms with Crippen molar-refractivity contribution in [3.8, 4) is 0 Å². The van der Waals surface area contributed by atoms with E-state index >= 15 is 0 Å². The van der Waals surface area contributed by atoms with E-state index in [1.165, 1.54) is 6.42 Å². The molecular weight excluding hydrogens is 248 g/mol. The van der Waals surface area contributed by atoms with E-state index in [0.29, 0.717) is 24.3 Å². The predicted molar refractivity (Wildman–Crippen MR) is 74.2 cm³/mol. The number of hydrogen-bond acceptors (Lipinski definition) is 4. The summed E-state index contributed by atoms with van der Waals surface area (Å²) in [7, 11) is -2.91. The second-order valence-electron chi connectivity index (χ2n) is 6.18. The summed E-state index contributed by atoms with van der Waals surface area (Å²) in [6.07, 6.45) is 4.09. The van der Waals surface area contributed by atoms with Crippen molar-refractivity contribution < 1.29 is 8.42 Å². The van der Waals surface area contributed by atoms with E-state index in [0.717, 1.165) is 25.8 Å². The van der Waals surface area contributed by atoms with Gasteiger partial charge < -0.3 is 5.73 Å². The molecule has 2 saturated heterocycles. The third kappa shape index (κ3) is 2.58. The lowest BCUT2D eigenvalue weighted by Crippen LogP contribution is -2.64. The summed E-state index contributed by atoms with van der Waals surface area (Å²) in [6.45, 7) is 5.95. The second kappa shape index (κ2) is 5.10. The lowest BCUT2D eigenvalue weighted by molar-refractivity contribution is 0.00942. The van der Waals surface area contributed by atoms with Crippen molar-refractivity contribution in [1.29, 1.82) is 0 Å². The lowest BCUT2D eigenvalue weighted by Gasteiger charge is -2.52. The first kappa shape index (κ1) is 14.3. The van der Waals surface area contributed by atoms with Crippen molar-refractivity contribution in [3.63, 3.8) is 0 Å². The topological polar surface area (TPSA) is 63.4 Å². The first-order chi connectivity index (χ1) is 8.40. The fourth-order valence-corrected chi connectivity index (χ4v) is 5.66. The van der Waals surface area contributed by atoms with Crippen molar-refractivity contribution in [2.24, 2.45) is 11.7 Å². The van der Waals surface area contributed by atoms with E-state index in [4.69, 9.17) is 5.73 Å². The van der Waals surface area contributed by atoms with E-state index < -0.39 is 9.84 Å². The summed E-state index contributed by atoms with van der Waals surface area (Å²) >= 11 is 0. The summed E-state index contributed by atoms with van der Waals surface area (Å²) in [5, 5.41) is 0. The molecule has 0 radical (unpaired) electrons. The molecule has 2 heterocycles. The van der Waals surface area contributed by atoms with Crippen LogP contribution in [0, 0.1) is 5.92 Å². The van der Waals surface area contributed by atoms with Gasteiger partial charge in [0.15, 0.2) is 9.84 Å². The van der Waals surface area contributed by atoms with Gasteiger partial charge in [0.2, 0.25) is 0 Å². The molecule has 0 bridgehead atoms. The van der Waals surface area contributed by atoms with Gasteiger partial charge in [-0.1, -0.05) is 6.92 Å². The average Bonchev–Trinajstić information content (AvgIpc) is 2.31. The van der Waals surface area contributed by atoms with Crippen LogP contribution in [-0.2, 0) is 9.84 Å². The molecular formula is C13H26N2O2S. The van der Waals surface area contributed by atoms with Crippen LogP contribution in [0.15, 0.2) is 0 Å². The van der Waals surface area contributed by atoms with E-state index in [1.807, 2.05) is 0 Å². The third-order valence-electron chi connectivity index (χ3n) is 4.95. The molecule has 18 heavy (non-hydrogen) atoms. The summed E-state index contributed by atoms with van der Waals surface area (Å²) in [5.41, 5.74) is 5.69. The molecule has 4 nitrogen and oxygen atoms in total. The highest BCUT2D eigenvalue weighted by molar-refractivity contribution is 7.91. The fraction of sp³-hybridized carbons (Fsp3) is 1.00. The zero-order valence-corrected chi connectivity index (χ0v) is 12.4. The molecule has 0 aromatic carbocycles. The van der Waals surface area contributed by atoms with Crippen molar-refractivity contribution in [2.45, 2.75) is 51.1 Å². The van der Waals surface area contributed by atoms with E-state index in [9.17, 15) is 8.42 Å². The highest BCUT2D eigenvalue weighted by Crippen LogP contribution is 2.35. The highest BCUT2D eigenvalue weighted by atomic mass is 32.2. The number of rotatable bonds is 2. The Hall–Kier alpha value is -0.130. The van der Waals surface area contributed by atoms with Crippen LogP contribution in [0.1, 0.15) is 39.5 Å². The van der Waals surface area contributed by atoms with Crippen LogP contribution in [0.25, 0.3) is 0 Å². The van der Waals surface area contributed by atoms with Crippen LogP contribution in [0.2, 0.25) is 0 Å². The van der Waals surface area contributed by atoms with Crippen LogP contribution in [0.3, 0.4) is 0 Å². The van der Waals surface area contributed by atoms with Crippen molar-refractivity contribution in [2.75, 3.05) is 24.6 Å². The molecule has 0 saturated carbocycles. The smallest absolute Gasteiger partial charge is 0.152 e. The first-order valence-electron chi connectivity index (χ1n) is 7.07. The molecule has 2 rings (SSSR count). The highest BCUT2D eigenvalue weighted by Gasteiger charge is 2.45. The summed E-state index contributed by atoms with van der Waals surface area (Å²) in [5.74, 6) is 1.23. The summed E-state index contributed by atoms with van der Waals surface area (Å²) in [6, 6.07) is 0.440. The Morgan fingerprint density at radius 3 is 2.67 bits per heavy atom. The molecule has 0 aromatic rings. The molecule has 2 fully saturated rings. The Morgan fingerprint density at radius 1 is 1.33 bits per heavy atom. The predicted octanol–water partition coefficient (Wildman–Crippen LogP) is 1.01. The van der Waals surface area contributed by atoms with Gasteiger partial charge in [0.1, 0.15) is 0 Å². The maximum absolute atomic E-state index is 12.0. The van der Waals surface area contributed by atoms with Crippen LogP contribution >= 0.6 is 0 Å². The van der Waals surface area contributed by atoms with Gasteiger partial charge in [-0.05, 0) is 45.1 Å². The maximum atomic E-state index is 12.0. The quantitative estimate of drug-likeness (QED) is 0.816. The molecule has 0 amide bonds. The van der Waals surface area contributed by atoms with Crippen LogP contribution in [0.5, 0.6) is 0 Å². The van der Waals surface area contributed by atoms with Gasteiger partial charge in [0.25, 0.3) is 0 Å². The number of hydrogen-bond donors (Lipinski definition) is 1. The van der Waals surface area contributed by atoms with E-state index in [1.54, 1.807) is 0 Å². The Labute approximate surface area is 111 Å². The molecule has 2 aliphatic heterocycles. The van der Waals surface area contributed by atoms with E-state index in [2.05, 4.69) is 18.7 Å². The normalized spacial score (nSPS) is 41.7. The van der Waals surface area contributed by atoms with Gasteiger partial charge in [-0.25, -0.2) is 8.42 Å². The van der Waals surface area contributed by atoms with Crippen LogP contribution in [0.4, 0.5) is 0 Å². The minimum absolute atomic E-state index is 0.258. The van der Waals surface area contributed by atoms with Crippen molar-refractivity contribution in [1.82, 2.24) is 4.90 Å². The number of nitrogens with two attached hydrogens (primary N) is 1. The van der Waals surface area contributed by atoms with Crippen molar-refractivity contribution in [3.05, 3.63) is 0 Å². The second-order valence-corrected chi connectivity index (χ2v) is 8.36. The lowest BCUT2D eigenvalue weighted by atomic mass is 9.84. The van der Waals surface area contributed by atoms with Crippen LogP contribution in [-0.4, -0.2) is 49.5 Å². The Bertz CT molecular complexity index is 396. The Balaban J connectivity index is 2.26. The van der Waals surface area contributed by atoms with Gasteiger partial charge in [0.05, 0.1) is 11.5 Å². The van der Waals surface area contributed by atoms with Gasteiger partial charge in [-0.15, -0.1) is 0 Å². The molecule has 3 atom stereocenters. The standard InChI is InChI=1S/C13H26N2O2S/c1-11-5-3-7-15(12(11)2)13(9-14)6-4-8-18(16,17)10-13/h11-12H,3-10,14H2,1-2H3. The molecule has 0 aliphatic carbocycles. The number of piperidine rings is 1.